The van der Waals surface area contributed by atoms with Crippen molar-refractivity contribution in [3.05, 3.63) is 59.5 Å². The average Bonchev–Trinajstić information content (AvgIpc) is 2.91. The van der Waals surface area contributed by atoms with E-state index in [9.17, 15) is 5.11 Å². The quantitative estimate of drug-likeness (QED) is 0.856. The second-order valence-corrected chi connectivity index (χ2v) is 4.73. The summed E-state index contributed by atoms with van der Waals surface area (Å²) in [5.74, 6) is 0.963. The second-order valence-electron chi connectivity index (χ2n) is 4.73. The highest BCUT2D eigenvalue weighted by Gasteiger charge is 2.27. The minimum atomic E-state index is -0.474. The largest absolute Gasteiger partial charge is 0.467 e. The van der Waals surface area contributed by atoms with Crippen LogP contribution in [-0.2, 0) is 12.8 Å². The van der Waals surface area contributed by atoms with Gasteiger partial charge in [0.15, 0.2) is 0 Å². The summed E-state index contributed by atoms with van der Waals surface area (Å²) in [6.07, 6.45) is 4.17. The zero-order chi connectivity index (χ0) is 11.7. The number of furan rings is 1. The van der Waals surface area contributed by atoms with Crippen LogP contribution in [-0.4, -0.2) is 5.11 Å². The molecule has 2 atom stereocenters. The number of hydrogen-bond donors (Lipinski definition) is 1. The highest BCUT2D eigenvalue weighted by Crippen LogP contribution is 2.34. The summed E-state index contributed by atoms with van der Waals surface area (Å²) < 4.78 is 5.29. The third-order valence-corrected chi connectivity index (χ3v) is 3.67. The molecule has 0 bridgehead atoms. The predicted octanol–water partition coefficient (Wildman–Crippen LogP) is 3.12. The van der Waals surface area contributed by atoms with Crippen LogP contribution in [0.2, 0.25) is 0 Å². The molecule has 0 saturated carbocycles. The fourth-order valence-electron chi connectivity index (χ4n) is 2.69. The smallest absolute Gasteiger partial charge is 0.132 e. The van der Waals surface area contributed by atoms with Gasteiger partial charge in [-0.25, -0.2) is 0 Å². The van der Waals surface area contributed by atoms with Gasteiger partial charge in [0, 0.05) is 0 Å². The molecule has 0 radical (unpaired) electrons. The molecule has 1 aromatic carbocycles. The van der Waals surface area contributed by atoms with E-state index in [1.165, 1.54) is 11.1 Å². The van der Waals surface area contributed by atoms with Crippen LogP contribution in [0, 0.1) is 5.92 Å². The summed E-state index contributed by atoms with van der Waals surface area (Å²) in [6.45, 7) is 0. The monoisotopic (exact) mass is 228 g/mol. The first-order valence-corrected chi connectivity index (χ1v) is 6.13. The van der Waals surface area contributed by atoms with E-state index < -0.39 is 6.10 Å². The number of aliphatic hydroxyl groups excluding tert-OH is 1. The summed E-state index contributed by atoms with van der Waals surface area (Å²) >= 11 is 0. The minimum absolute atomic E-state index is 0.274. The Balaban J connectivity index is 1.80. The van der Waals surface area contributed by atoms with E-state index in [1.54, 1.807) is 6.26 Å². The zero-order valence-corrected chi connectivity index (χ0v) is 9.67. The van der Waals surface area contributed by atoms with Crippen molar-refractivity contribution in [2.75, 3.05) is 0 Å². The van der Waals surface area contributed by atoms with Crippen molar-refractivity contribution in [3.8, 4) is 0 Å². The molecule has 0 amide bonds. The first kappa shape index (κ1) is 10.6. The molecular weight excluding hydrogens is 212 g/mol. The lowest BCUT2D eigenvalue weighted by Crippen LogP contribution is -2.20. The Morgan fingerprint density at radius 3 is 2.71 bits per heavy atom. The van der Waals surface area contributed by atoms with Gasteiger partial charge in [-0.05, 0) is 48.4 Å². The van der Waals surface area contributed by atoms with Gasteiger partial charge in [0.25, 0.3) is 0 Å². The molecule has 0 saturated heterocycles. The van der Waals surface area contributed by atoms with E-state index in [2.05, 4.69) is 24.3 Å². The van der Waals surface area contributed by atoms with Crippen LogP contribution in [0.3, 0.4) is 0 Å². The zero-order valence-electron chi connectivity index (χ0n) is 9.67. The summed E-state index contributed by atoms with van der Waals surface area (Å²) in [4.78, 5) is 0. The van der Waals surface area contributed by atoms with Gasteiger partial charge in [-0.1, -0.05) is 24.3 Å². The fraction of sp³-hybridized carbons (Fsp3) is 0.333. The maximum Gasteiger partial charge on any atom is 0.132 e. The highest BCUT2D eigenvalue weighted by molar-refractivity contribution is 5.30. The standard InChI is InChI=1S/C15H16O2/c16-15(14-6-3-9-17-14)13-8-7-11-4-1-2-5-12(11)10-13/h1-6,9,13,15-16H,7-8,10H2. The van der Waals surface area contributed by atoms with Crippen molar-refractivity contribution < 1.29 is 9.52 Å². The minimum Gasteiger partial charge on any atom is -0.467 e. The number of hydrogen-bond acceptors (Lipinski definition) is 2. The van der Waals surface area contributed by atoms with Crippen LogP contribution in [0.25, 0.3) is 0 Å². The Labute approximate surface area is 101 Å². The van der Waals surface area contributed by atoms with Gasteiger partial charge >= 0.3 is 0 Å². The van der Waals surface area contributed by atoms with Crippen molar-refractivity contribution in [1.82, 2.24) is 0 Å². The number of aryl methyl sites for hydroxylation is 1. The molecular formula is C15H16O2. The summed E-state index contributed by atoms with van der Waals surface area (Å²) in [7, 11) is 0. The van der Waals surface area contributed by atoms with Gasteiger partial charge in [-0.2, -0.15) is 0 Å². The Morgan fingerprint density at radius 2 is 1.94 bits per heavy atom. The second kappa shape index (κ2) is 4.38. The van der Waals surface area contributed by atoms with E-state index in [-0.39, 0.29) is 5.92 Å². The van der Waals surface area contributed by atoms with Crippen molar-refractivity contribution >= 4 is 0 Å². The van der Waals surface area contributed by atoms with Crippen molar-refractivity contribution in [2.24, 2.45) is 5.92 Å². The van der Waals surface area contributed by atoms with E-state index in [1.807, 2.05) is 12.1 Å². The summed E-state index contributed by atoms with van der Waals surface area (Å²) in [6, 6.07) is 12.2. The third-order valence-electron chi connectivity index (χ3n) is 3.67. The molecule has 1 aromatic heterocycles. The summed E-state index contributed by atoms with van der Waals surface area (Å²) in [5, 5.41) is 10.3. The molecule has 2 aromatic rings. The van der Waals surface area contributed by atoms with Gasteiger partial charge in [-0.15, -0.1) is 0 Å². The summed E-state index contributed by atoms with van der Waals surface area (Å²) in [5.41, 5.74) is 2.80. The fourth-order valence-corrected chi connectivity index (χ4v) is 2.69. The molecule has 2 nitrogen and oxygen atoms in total. The molecule has 0 fully saturated rings. The third kappa shape index (κ3) is 2.01. The molecule has 1 heterocycles. The maximum atomic E-state index is 10.3. The Bertz CT molecular complexity index is 487. The number of aliphatic hydroxyl groups is 1. The predicted molar refractivity (Wildman–Crippen MR) is 65.6 cm³/mol. The molecule has 0 spiro atoms. The Kier molecular flexibility index (Phi) is 2.73. The lowest BCUT2D eigenvalue weighted by Gasteiger charge is -2.27. The van der Waals surface area contributed by atoms with Gasteiger partial charge in [0.1, 0.15) is 11.9 Å². The SMILES string of the molecule is OC(c1ccco1)C1CCc2ccccc2C1. The molecule has 2 heteroatoms. The van der Waals surface area contributed by atoms with Crippen molar-refractivity contribution in [3.63, 3.8) is 0 Å². The molecule has 2 unspecified atom stereocenters. The Hall–Kier alpha value is -1.54. The van der Waals surface area contributed by atoms with E-state index >= 15 is 0 Å². The topological polar surface area (TPSA) is 33.4 Å². The lowest BCUT2D eigenvalue weighted by molar-refractivity contribution is 0.0782. The molecule has 1 N–H and O–H groups in total. The van der Waals surface area contributed by atoms with Crippen LogP contribution in [0.4, 0.5) is 0 Å². The molecule has 17 heavy (non-hydrogen) atoms. The normalized spacial score (nSPS) is 20.9. The van der Waals surface area contributed by atoms with Crippen LogP contribution < -0.4 is 0 Å². The van der Waals surface area contributed by atoms with Gasteiger partial charge in [0.05, 0.1) is 6.26 Å². The molecule has 88 valence electrons. The Morgan fingerprint density at radius 1 is 1.12 bits per heavy atom. The molecule has 1 aliphatic carbocycles. The number of rotatable bonds is 2. The van der Waals surface area contributed by atoms with Gasteiger partial charge in [0.2, 0.25) is 0 Å². The van der Waals surface area contributed by atoms with Crippen LogP contribution in [0.1, 0.15) is 29.4 Å². The maximum absolute atomic E-state index is 10.3. The van der Waals surface area contributed by atoms with Crippen molar-refractivity contribution in [1.29, 1.82) is 0 Å². The highest BCUT2D eigenvalue weighted by atomic mass is 16.4. The number of fused-ring (bicyclic) bond motifs is 1. The van der Waals surface area contributed by atoms with Crippen LogP contribution in [0.15, 0.2) is 47.1 Å². The van der Waals surface area contributed by atoms with Gasteiger partial charge < -0.3 is 9.52 Å². The van der Waals surface area contributed by atoms with Crippen LogP contribution >= 0.6 is 0 Å². The van der Waals surface area contributed by atoms with E-state index in [4.69, 9.17) is 4.42 Å². The van der Waals surface area contributed by atoms with Gasteiger partial charge in [-0.3, -0.25) is 0 Å². The average molecular weight is 228 g/mol. The first-order valence-electron chi connectivity index (χ1n) is 6.13. The van der Waals surface area contributed by atoms with E-state index in [0.717, 1.165) is 19.3 Å². The van der Waals surface area contributed by atoms with E-state index in [0.29, 0.717) is 5.76 Å². The molecule has 1 aliphatic rings. The van der Waals surface area contributed by atoms with Crippen molar-refractivity contribution in [2.45, 2.75) is 25.4 Å². The van der Waals surface area contributed by atoms with Crippen LogP contribution in [0.5, 0.6) is 0 Å². The molecule has 3 rings (SSSR count). The first-order chi connectivity index (χ1) is 8.34. The molecule has 0 aliphatic heterocycles. The number of benzene rings is 1. The lowest BCUT2D eigenvalue weighted by atomic mass is 9.80.